The summed E-state index contributed by atoms with van der Waals surface area (Å²) < 4.78 is 0. The number of nitrogens with zero attached hydrogens (tertiary/aromatic N) is 2. The Balaban J connectivity index is 1.60. The van der Waals surface area contributed by atoms with E-state index >= 15 is 0 Å². The smallest absolute Gasteiger partial charge is 0.251 e. The Morgan fingerprint density at radius 1 is 1.17 bits per heavy atom. The molecular formula is C19H19N3O. The number of hydrogen-bond acceptors (Lipinski definition) is 3. The molecule has 2 aromatic rings. The number of nitrogens with one attached hydrogen (secondary N) is 1. The Hall–Kier alpha value is -2.80. The summed E-state index contributed by atoms with van der Waals surface area (Å²) in [5.41, 5.74) is 2.36. The van der Waals surface area contributed by atoms with E-state index in [0.29, 0.717) is 23.7 Å². The monoisotopic (exact) mass is 305 g/mol. The van der Waals surface area contributed by atoms with E-state index in [1.807, 2.05) is 18.2 Å². The van der Waals surface area contributed by atoms with Gasteiger partial charge in [0.2, 0.25) is 0 Å². The molecule has 1 heterocycles. The third-order valence-corrected chi connectivity index (χ3v) is 4.24. The number of benzene rings is 2. The molecule has 0 bridgehead atoms. The minimum Gasteiger partial charge on any atom is -0.367 e. The largest absolute Gasteiger partial charge is 0.367 e. The first-order valence-corrected chi connectivity index (χ1v) is 7.88. The molecule has 1 fully saturated rings. The van der Waals surface area contributed by atoms with Gasteiger partial charge in [0.05, 0.1) is 11.6 Å². The Labute approximate surface area is 136 Å². The van der Waals surface area contributed by atoms with Gasteiger partial charge < -0.3 is 10.2 Å². The maximum Gasteiger partial charge on any atom is 0.251 e. The SMILES string of the molecule is N#Cc1ccc(C(=O)NCC2CCCN2c2ccccc2)cc1. The zero-order chi connectivity index (χ0) is 16.1. The Morgan fingerprint density at radius 3 is 2.61 bits per heavy atom. The fourth-order valence-electron chi connectivity index (χ4n) is 3.02. The summed E-state index contributed by atoms with van der Waals surface area (Å²) in [4.78, 5) is 14.6. The molecule has 1 atom stereocenters. The Bertz CT molecular complexity index is 704. The molecule has 116 valence electrons. The minimum absolute atomic E-state index is 0.0885. The van der Waals surface area contributed by atoms with E-state index in [9.17, 15) is 4.79 Å². The first-order valence-electron chi connectivity index (χ1n) is 7.88. The Kier molecular flexibility index (Phi) is 4.58. The average molecular weight is 305 g/mol. The number of para-hydroxylation sites is 1. The van der Waals surface area contributed by atoms with Crippen molar-refractivity contribution in [1.29, 1.82) is 5.26 Å². The minimum atomic E-state index is -0.0885. The van der Waals surface area contributed by atoms with E-state index in [1.54, 1.807) is 24.3 Å². The van der Waals surface area contributed by atoms with Crippen LogP contribution in [0.25, 0.3) is 0 Å². The zero-order valence-corrected chi connectivity index (χ0v) is 12.9. The van der Waals surface area contributed by atoms with E-state index in [2.05, 4.69) is 28.4 Å². The molecule has 23 heavy (non-hydrogen) atoms. The second kappa shape index (κ2) is 6.97. The van der Waals surface area contributed by atoms with Gasteiger partial charge in [-0.1, -0.05) is 18.2 Å². The summed E-state index contributed by atoms with van der Waals surface area (Å²) in [7, 11) is 0. The van der Waals surface area contributed by atoms with Crippen molar-refractivity contribution in [3.8, 4) is 6.07 Å². The lowest BCUT2D eigenvalue weighted by molar-refractivity contribution is 0.0951. The summed E-state index contributed by atoms with van der Waals surface area (Å²) in [5.74, 6) is -0.0885. The topological polar surface area (TPSA) is 56.1 Å². The van der Waals surface area contributed by atoms with Gasteiger partial charge >= 0.3 is 0 Å². The van der Waals surface area contributed by atoms with E-state index in [0.717, 1.165) is 19.4 Å². The van der Waals surface area contributed by atoms with E-state index in [-0.39, 0.29) is 5.91 Å². The average Bonchev–Trinajstić information content (AvgIpc) is 3.09. The number of rotatable bonds is 4. The van der Waals surface area contributed by atoms with Gasteiger partial charge in [-0.05, 0) is 49.2 Å². The van der Waals surface area contributed by atoms with Crippen LogP contribution < -0.4 is 10.2 Å². The summed E-state index contributed by atoms with van der Waals surface area (Å²) >= 11 is 0. The van der Waals surface area contributed by atoms with Gasteiger partial charge in [0.1, 0.15) is 0 Å². The molecule has 1 N–H and O–H groups in total. The quantitative estimate of drug-likeness (QED) is 0.945. The lowest BCUT2D eigenvalue weighted by Gasteiger charge is -2.27. The molecule has 0 radical (unpaired) electrons. The third kappa shape index (κ3) is 3.51. The molecule has 2 aromatic carbocycles. The van der Waals surface area contributed by atoms with Crippen molar-refractivity contribution in [2.45, 2.75) is 18.9 Å². The van der Waals surface area contributed by atoms with Crippen LogP contribution in [0.3, 0.4) is 0 Å². The fraction of sp³-hybridized carbons (Fsp3) is 0.263. The highest BCUT2D eigenvalue weighted by Gasteiger charge is 2.25. The number of nitriles is 1. The summed E-state index contributed by atoms with van der Waals surface area (Å²) in [6, 6.07) is 19.4. The third-order valence-electron chi connectivity index (χ3n) is 4.24. The van der Waals surface area contributed by atoms with Crippen molar-refractivity contribution in [1.82, 2.24) is 5.32 Å². The highest BCUT2D eigenvalue weighted by Crippen LogP contribution is 2.24. The van der Waals surface area contributed by atoms with Gasteiger partial charge in [-0.25, -0.2) is 0 Å². The number of hydrogen-bond donors (Lipinski definition) is 1. The lowest BCUT2D eigenvalue weighted by Crippen LogP contribution is -2.40. The number of amides is 1. The number of anilines is 1. The maximum absolute atomic E-state index is 12.2. The van der Waals surface area contributed by atoms with Crippen LogP contribution in [-0.2, 0) is 0 Å². The van der Waals surface area contributed by atoms with E-state index in [4.69, 9.17) is 5.26 Å². The van der Waals surface area contributed by atoms with Crippen molar-refractivity contribution >= 4 is 11.6 Å². The second-order valence-corrected chi connectivity index (χ2v) is 5.72. The molecule has 4 nitrogen and oxygen atoms in total. The predicted octanol–water partition coefficient (Wildman–Crippen LogP) is 2.96. The standard InChI is InChI=1S/C19H19N3O/c20-13-15-8-10-16(11-9-15)19(23)21-14-18-7-4-12-22(18)17-5-2-1-3-6-17/h1-3,5-6,8-11,18H,4,7,12,14H2,(H,21,23). The zero-order valence-electron chi connectivity index (χ0n) is 12.9. The Morgan fingerprint density at radius 2 is 1.91 bits per heavy atom. The molecule has 0 saturated carbocycles. The van der Waals surface area contributed by atoms with Gasteiger partial charge in [0.25, 0.3) is 5.91 Å². The molecule has 0 spiro atoms. The molecule has 4 heteroatoms. The molecule has 3 rings (SSSR count). The molecule has 1 aliphatic heterocycles. The van der Waals surface area contributed by atoms with Gasteiger partial charge in [-0.2, -0.15) is 5.26 Å². The highest BCUT2D eigenvalue weighted by atomic mass is 16.1. The molecule has 1 unspecified atom stereocenters. The van der Waals surface area contributed by atoms with Gasteiger partial charge in [-0.15, -0.1) is 0 Å². The van der Waals surface area contributed by atoms with Crippen LogP contribution >= 0.6 is 0 Å². The van der Waals surface area contributed by atoms with Crippen LogP contribution in [0.1, 0.15) is 28.8 Å². The molecule has 1 saturated heterocycles. The summed E-state index contributed by atoms with van der Waals surface area (Å²) in [6.07, 6.45) is 2.23. The van der Waals surface area contributed by atoms with Crippen LogP contribution in [0.15, 0.2) is 54.6 Å². The van der Waals surface area contributed by atoms with E-state index < -0.39 is 0 Å². The van der Waals surface area contributed by atoms with E-state index in [1.165, 1.54) is 5.69 Å². The fourth-order valence-corrected chi connectivity index (χ4v) is 3.02. The van der Waals surface area contributed by atoms with Crippen LogP contribution in [-0.4, -0.2) is 25.0 Å². The maximum atomic E-state index is 12.2. The molecule has 0 aliphatic carbocycles. The number of carbonyl (C=O) groups is 1. The molecule has 1 amide bonds. The van der Waals surface area contributed by atoms with Crippen molar-refractivity contribution < 1.29 is 4.79 Å². The molecule has 0 aromatic heterocycles. The van der Waals surface area contributed by atoms with Gasteiger partial charge in [0, 0.05) is 30.4 Å². The normalized spacial score (nSPS) is 16.8. The number of carbonyl (C=O) groups excluding carboxylic acids is 1. The van der Waals surface area contributed by atoms with Gasteiger partial charge in [-0.3, -0.25) is 4.79 Å². The van der Waals surface area contributed by atoms with Crippen molar-refractivity contribution in [3.05, 3.63) is 65.7 Å². The summed E-state index contributed by atoms with van der Waals surface area (Å²) in [6.45, 7) is 1.66. The second-order valence-electron chi connectivity index (χ2n) is 5.72. The van der Waals surface area contributed by atoms with Crippen LogP contribution in [0, 0.1) is 11.3 Å². The van der Waals surface area contributed by atoms with Crippen molar-refractivity contribution in [3.63, 3.8) is 0 Å². The van der Waals surface area contributed by atoms with Crippen molar-refractivity contribution in [2.75, 3.05) is 18.0 Å². The molecule has 1 aliphatic rings. The van der Waals surface area contributed by atoms with Crippen molar-refractivity contribution in [2.24, 2.45) is 0 Å². The predicted molar refractivity (Wildman–Crippen MR) is 90.3 cm³/mol. The van der Waals surface area contributed by atoms with Crippen LogP contribution in [0.5, 0.6) is 0 Å². The molecular weight excluding hydrogens is 286 g/mol. The first kappa shape index (κ1) is 15.1. The highest BCUT2D eigenvalue weighted by molar-refractivity contribution is 5.94. The van der Waals surface area contributed by atoms with Crippen LogP contribution in [0.2, 0.25) is 0 Å². The lowest BCUT2D eigenvalue weighted by atomic mass is 10.1. The van der Waals surface area contributed by atoms with Crippen LogP contribution in [0.4, 0.5) is 5.69 Å². The first-order chi connectivity index (χ1) is 11.3. The summed E-state index contributed by atoms with van der Waals surface area (Å²) in [5, 5.41) is 11.8. The van der Waals surface area contributed by atoms with Gasteiger partial charge in [0.15, 0.2) is 0 Å².